The molecule has 6 N–H and O–H groups in total. The molecule has 0 unspecified atom stereocenters. The Kier molecular flexibility index (Phi) is 8.33. The predicted molar refractivity (Wildman–Crippen MR) is 150 cm³/mol. The standard InChI is InChI=1S/C29H32FN5O4/c1-16-25(15-21-20-13-18(30)8-10-23(20)35-28(21)37)33-17(2)27(16)29(38)32-12-6-4-5-7-26(36)34-24-11-9-19(39-3)14-22(24)31/h8-11,13-15,33H,4-7,12,31H2,1-3H3,(H,32,38)(H,34,36)(H,35,37)/b21-15-. The van der Waals surface area contributed by atoms with E-state index in [1.165, 1.54) is 18.2 Å². The van der Waals surface area contributed by atoms with E-state index >= 15 is 0 Å². The van der Waals surface area contributed by atoms with Crippen molar-refractivity contribution in [2.75, 3.05) is 30.0 Å². The van der Waals surface area contributed by atoms with Crippen LogP contribution in [-0.4, -0.2) is 36.4 Å². The minimum Gasteiger partial charge on any atom is -0.497 e. The molecule has 0 atom stereocenters. The number of fused-ring (bicyclic) bond motifs is 1. The number of anilines is 3. The molecule has 9 nitrogen and oxygen atoms in total. The summed E-state index contributed by atoms with van der Waals surface area (Å²) in [5.41, 5.74) is 10.8. The second kappa shape index (κ2) is 11.8. The smallest absolute Gasteiger partial charge is 0.256 e. The van der Waals surface area contributed by atoms with Gasteiger partial charge in [-0.25, -0.2) is 4.39 Å². The summed E-state index contributed by atoms with van der Waals surface area (Å²) in [6.07, 6.45) is 4.13. The maximum atomic E-state index is 13.8. The van der Waals surface area contributed by atoms with E-state index in [9.17, 15) is 18.8 Å². The van der Waals surface area contributed by atoms with Crippen LogP contribution in [0.2, 0.25) is 0 Å². The molecule has 2 aromatic carbocycles. The average molecular weight is 534 g/mol. The highest BCUT2D eigenvalue weighted by atomic mass is 19.1. The van der Waals surface area contributed by atoms with Crippen molar-refractivity contribution in [2.45, 2.75) is 39.5 Å². The summed E-state index contributed by atoms with van der Waals surface area (Å²) in [5.74, 6) is -0.486. The van der Waals surface area contributed by atoms with Crippen molar-refractivity contribution in [1.29, 1.82) is 0 Å². The van der Waals surface area contributed by atoms with E-state index in [0.717, 1.165) is 6.42 Å². The van der Waals surface area contributed by atoms with Gasteiger partial charge in [0.15, 0.2) is 0 Å². The normalized spacial score (nSPS) is 13.2. The Bertz CT molecular complexity index is 1460. The summed E-state index contributed by atoms with van der Waals surface area (Å²) >= 11 is 0. The maximum absolute atomic E-state index is 13.8. The molecule has 0 spiro atoms. The number of benzene rings is 2. The number of carbonyl (C=O) groups excluding carboxylic acids is 3. The molecule has 0 radical (unpaired) electrons. The van der Waals surface area contributed by atoms with Gasteiger partial charge in [-0.15, -0.1) is 0 Å². The molecule has 2 heterocycles. The fraction of sp³-hybridized carbons (Fsp3) is 0.276. The number of aromatic amines is 1. The second-order valence-corrected chi connectivity index (χ2v) is 9.43. The number of unbranched alkanes of at least 4 members (excludes halogenated alkanes) is 2. The van der Waals surface area contributed by atoms with E-state index in [0.29, 0.717) is 82.3 Å². The number of aryl methyl sites for hydroxylation is 1. The fourth-order valence-corrected chi connectivity index (χ4v) is 4.58. The van der Waals surface area contributed by atoms with E-state index in [1.54, 1.807) is 45.2 Å². The van der Waals surface area contributed by atoms with Gasteiger partial charge in [-0.05, 0) is 68.7 Å². The Balaban J connectivity index is 1.27. The van der Waals surface area contributed by atoms with Gasteiger partial charge < -0.3 is 31.4 Å². The third-order valence-electron chi connectivity index (χ3n) is 6.66. The monoisotopic (exact) mass is 533 g/mol. The SMILES string of the molecule is COc1ccc(NC(=O)CCCCCNC(=O)c2c(C)[nH]c(/C=C3\C(=O)Nc4ccc(F)cc43)c2C)c(N)c1. The van der Waals surface area contributed by atoms with Gasteiger partial charge >= 0.3 is 0 Å². The average Bonchev–Trinajstić information content (AvgIpc) is 3.36. The summed E-state index contributed by atoms with van der Waals surface area (Å²) in [7, 11) is 1.55. The summed E-state index contributed by atoms with van der Waals surface area (Å²) in [6.45, 7) is 4.06. The maximum Gasteiger partial charge on any atom is 0.256 e. The summed E-state index contributed by atoms with van der Waals surface area (Å²) in [4.78, 5) is 40.8. The van der Waals surface area contributed by atoms with Crippen molar-refractivity contribution in [3.63, 3.8) is 0 Å². The number of hydrogen-bond donors (Lipinski definition) is 5. The zero-order valence-corrected chi connectivity index (χ0v) is 22.2. The lowest BCUT2D eigenvalue weighted by Gasteiger charge is -2.10. The molecule has 204 valence electrons. The van der Waals surface area contributed by atoms with Gasteiger partial charge in [0, 0.05) is 41.7 Å². The van der Waals surface area contributed by atoms with Crippen LogP contribution in [0.5, 0.6) is 5.75 Å². The van der Waals surface area contributed by atoms with Crippen molar-refractivity contribution in [2.24, 2.45) is 0 Å². The highest BCUT2D eigenvalue weighted by Gasteiger charge is 2.26. The molecule has 3 amide bonds. The van der Waals surface area contributed by atoms with E-state index in [2.05, 4.69) is 20.9 Å². The number of amides is 3. The van der Waals surface area contributed by atoms with Gasteiger partial charge in [0.25, 0.3) is 11.8 Å². The summed E-state index contributed by atoms with van der Waals surface area (Å²) < 4.78 is 18.9. The van der Waals surface area contributed by atoms with Gasteiger partial charge in [-0.3, -0.25) is 14.4 Å². The van der Waals surface area contributed by atoms with Crippen LogP contribution in [0.15, 0.2) is 36.4 Å². The highest BCUT2D eigenvalue weighted by Crippen LogP contribution is 2.34. The third-order valence-corrected chi connectivity index (χ3v) is 6.66. The lowest BCUT2D eigenvalue weighted by atomic mass is 10.0. The number of halogens is 1. The number of nitrogen functional groups attached to an aromatic ring is 1. The number of nitrogens with two attached hydrogens (primary N) is 1. The van der Waals surface area contributed by atoms with Crippen molar-refractivity contribution in [3.8, 4) is 5.75 Å². The molecule has 3 aromatic rings. The van der Waals surface area contributed by atoms with E-state index in [4.69, 9.17) is 10.5 Å². The number of nitrogens with one attached hydrogen (secondary N) is 4. The molecule has 1 aliphatic rings. The Morgan fingerprint density at radius 1 is 1.10 bits per heavy atom. The Labute approximate surface area is 226 Å². The van der Waals surface area contributed by atoms with E-state index in [-0.39, 0.29) is 17.7 Å². The van der Waals surface area contributed by atoms with Crippen LogP contribution < -0.4 is 26.4 Å². The van der Waals surface area contributed by atoms with Crippen molar-refractivity contribution in [1.82, 2.24) is 10.3 Å². The van der Waals surface area contributed by atoms with Gasteiger partial charge in [-0.1, -0.05) is 6.42 Å². The van der Waals surface area contributed by atoms with Crippen LogP contribution in [0.3, 0.4) is 0 Å². The molecule has 0 saturated heterocycles. The molecule has 0 saturated carbocycles. The molecule has 0 aliphatic carbocycles. The van der Waals surface area contributed by atoms with Crippen LogP contribution in [0.4, 0.5) is 21.5 Å². The zero-order valence-electron chi connectivity index (χ0n) is 22.2. The van der Waals surface area contributed by atoms with Crippen LogP contribution in [-0.2, 0) is 9.59 Å². The van der Waals surface area contributed by atoms with Crippen molar-refractivity contribution >= 4 is 46.4 Å². The Morgan fingerprint density at radius 2 is 1.90 bits per heavy atom. The lowest BCUT2D eigenvalue weighted by molar-refractivity contribution is -0.116. The van der Waals surface area contributed by atoms with Gasteiger partial charge in [0.2, 0.25) is 5.91 Å². The van der Waals surface area contributed by atoms with Crippen LogP contribution in [0.25, 0.3) is 11.6 Å². The first-order chi connectivity index (χ1) is 18.7. The first kappa shape index (κ1) is 27.4. The number of carbonyl (C=O) groups is 3. The van der Waals surface area contributed by atoms with Gasteiger partial charge in [0.1, 0.15) is 11.6 Å². The van der Waals surface area contributed by atoms with Crippen molar-refractivity contribution < 1.29 is 23.5 Å². The Hall–Kier alpha value is -4.60. The van der Waals surface area contributed by atoms with Crippen LogP contribution >= 0.6 is 0 Å². The molecule has 1 aromatic heterocycles. The molecule has 0 bridgehead atoms. The number of H-pyrrole nitrogens is 1. The number of rotatable bonds is 10. The molecular weight excluding hydrogens is 501 g/mol. The molecule has 0 fully saturated rings. The molecule has 4 rings (SSSR count). The first-order valence-corrected chi connectivity index (χ1v) is 12.7. The molecular formula is C29H32FN5O4. The highest BCUT2D eigenvalue weighted by molar-refractivity contribution is 6.34. The lowest BCUT2D eigenvalue weighted by Crippen LogP contribution is -2.25. The quantitative estimate of drug-likeness (QED) is 0.145. The zero-order chi connectivity index (χ0) is 28.1. The Morgan fingerprint density at radius 3 is 2.64 bits per heavy atom. The fourth-order valence-electron chi connectivity index (χ4n) is 4.58. The largest absolute Gasteiger partial charge is 0.497 e. The van der Waals surface area contributed by atoms with E-state index < -0.39 is 5.82 Å². The number of methoxy groups -OCH3 is 1. The number of aromatic nitrogens is 1. The van der Waals surface area contributed by atoms with E-state index in [1.807, 2.05) is 0 Å². The van der Waals surface area contributed by atoms with Gasteiger partial charge in [-0.2, -0.15) is 0 Å². The van der Waals surface area contributed by atoms with Gasteiger partial charge in [0.05, 0.1) is 29.6 Å². The number of hydrogen-bond acceptors (Lipinski definition) is 5. The summed E-state index contributed by atoms with van der Waals surface area (Å²) in [6, 6.07) is 9.22. The number of ether oxygens (including phenoxy) is 1. The summed E-state index contributed by atoms with van der Waals surface area (Å²) in [5, 5.41) is 8.46. The molecule has 1 aliphatic heterocycles. The molecule has 39 heavy (non-hydrogen) atoms. The first-order valence-electron chi connectivity index (χ1n) is 12.7. The minimum absolute atomic E-state index is 0.127. The molecule has 10 heteroatoms. The van der Waals surface area contributed by atoms with Crippen LogP contribution in [0, 0.1) is 19.7 Å². The minimum atomic E-state index is -0.432. The topological polar surface area (TPSA) is 138 Å². The third kappa shape index (κ3) is 6.28. The second-order valence-electron chi connectivity index (χ2n) is 9.43. The van der Waals surface area contributed by atoms with Crippen LogP contribution in [0.1, 0.15) is 58.6 Å². The van der Waals surface area contributed by atoms with Crippen molar-refractivity contribution in [3.05, 3.63) is 70.3 Å². The predicted octanol–water partition coefficient (Wildman–Crippen LogP) is 4.78.